The van der Waals surface area contributed by atoms with Gasteiger partial charge in [-0.3, -0.25) is 0 Å². The van der Waals surface area contributed by atoms with Gasteiger partial charge in [-0.05, 0) is 19.9 Å². The number of nitrogens with one attached hydrogen (secondary N) is 1. The highest BCUT2D eigenvalue weighted by Gasteiger charge is 2.03. The maximum atomic E-state index is 9.62. The van der Waals surface area contributed by atoms with Gasteiger partial charge in [0, 0.05) is 18.7 Å². The molecule has 0 aromatic heterocycles. The Hall–Kier alpha value is -0.990. The van der Waals surface area contributed by atoms with E-state index in [4.69, 9.17) is 11.6 Å². The zero-order valence-corrected chi connectivity index (χ0v) is 9.80. The van der Waals surface area contributed by atoms with E-state index in [0.717, 1.165) is 12.1 Å². The van der Waals surface area contributed by atoms with Gasteiger partial charge in [0.05, 0.1) is 5.02 Å². The van der Waals surface area contributed by atoms with Crippen LogP contribution in [0.5, 0.6) is 5.75 Å². The maximum absolute atomic E-state index is 9.62. The molecule has 82 valence electrons. The van der Waals surface area contributed by atoms with Crippen molar-refractivity contribution in [2.45, 2.75) is 20.4 Å². The first kappa shape index (κ1) is 12.1. The molecule has 0 atom stereocenters. The Bertz CT molecular complexity index is 357. The van der Waals surface area contributed by atoms with Gasteiger partial charge >= 0.3 is 0 Å². The van der Waals surface area contributed by atoms with E-state index >= 15 is 0 Å². The van der Waals surface area contributed by atoms with E-state index in [1.807, 2.05) is 12.1 Å². The highest BCUT2D eigenvalue weighted by Crippen LogP contribution is 2.26. The lowest BCUT2D eigenvalue weighted by Crippen LogP contribution is -2.13. The fourth-order valence-electron chi connectivity index (χ4n) is 1.19. The molecule has 0 fully saturated rings. The number of hydrogen-bond acceptors (Lipinski definition) is 2. The Morgan fingerprint density at radius 2 is 2.20 bits per heavy atom. The van der Waals surface area contributed by atoms with Gasteiger partial charge < -0.3 is 10.4 Å². The zero-order valence-electron chi connectivity index (χ0n) is 9.05. The fraction of sp³-hybridized carbons (Fsp3) is 0.333. The van der Waals surface area contributed by atoms with E-state index < -0.39 is 0 Å². The van der Waals surface area contributed by atoms with Crippen molar-refractivity contribution in [1.29, 1.82) is 0 Å². The summed E-state index contributed by atoms with van der Waals surface area (Å²) >= 11 is 5.79. The molecule has 0 aliphatic carbocycles. The summed E-state index contributed by atoms with van der Waals surface area (Å²) in [6, 6.07) is 5.37. The number of phenolic OH excluding ortho intramolecular Hbond substituents is 1. The van der Waals surface area contributed by atoms with Crippen LogP contribution in [0.4, 0.5) is 0 Å². The molecule has 0 aliphatic heterocycles. The average molecular weight is 226 g/mol. The van der Waals surface area contributed by atoms with Crippen LogP contribution in [0.2, 0.25) is 5.02 Å². The molecule has 15 heavy (non-hydrogen) atoms. The van der Waals surface area contributed by atoms with Crippen molar-refractivity contribution in [3.63, 3.8) is 0 Å². The summed E-state index contributed by atoms with van der Waals surface area (Å²) in [5.41, 5.74) is 2.10. The summed E-state index contributed by atoms with van der Waals surface area (Å²) < 4.78 is 0. The highest BCUT2D eigenvalue weighted by atomic mass is 35.5. The first-order valence-corrected chi connectivity index (χ1v) is 5.29. The highest BCUT2D eigenvalue weighted by molar-refractivity contribution is 6.32. The molecule has 0 saturated carbocycles. The summed E-state index contributed by atoms with van der Waals surface area (Å²) in [5.74, 6) is 0.170. The van der Waals surface area contributed by atoms with Gasteiger partial charge in [0.15, 0.2) is 0 Å². The zero-order chi connectivity index (χ0) is 11.3. The summed E-state index contributed by atoms with van der Waals surface area (Å²) in [5, 5.41) is 13.2. The molecule has 3 heteroatoms. The number of halogens is 1. The van der Waals surface area contributed by atoms with Gasteiger partial charge in [0.25, 0.3) is 0 Å². The quantitative estimate of drug-likeness (QED) is 0.610. The summed E-state index contributed by atoms with van der Waals surface area (Å²) in [7, 11) is 0. The molecule has 0 saturated heterocycles. The minimum Gasteiger partial charge on any atom is -0.506 e. The topological polar surface area (TPSA) is 32.3 Å². The second-order valence-electron chi connectivity index (χ2n) is 3.66. The van der Waals surface area contributed by atoms with Gasteiger partial charge in [-0.2, -0.15) is 0 Å². The van der Waals surface area contributed by atoms with Crippen LogP contribution >= 0.6 is 11.6 Å². The maximum Gasteiger partial charge on any atom is 0.138 e. The lowest BCUT2D eigenvalue weighted by atomic mass is 10.2. The lowest BCUT2D eigenvalue weighted by molar-refractivity contribution is 0.466. The standard InChI is InChI=1S/C12H16ClNO/c1-9(2)6-7-14-8-10-4-3-5-11(13)12(10)15/h3-6,14-15H,7-8H2,1-2H3. The normalized spacial score (nSPS) is 10.1. The van der Waals surface area contributed by atoms with Crippen LogP contribution in [0.15, 0.2) is 29.8 Å². The predicted molar refractivity (Wildman–Crippen MR) is 64.3 cm³/mol. The smallest absolute Gasteiger partial charge is 0.138 e. The van der Waals surface area contributed by atoms with E-state index in [1.165, 1.54) is 5.57 Å². The predicted octanol–water partition coefficient (Wildman–Crippen LogP) is 3.10. The Morgan fingerprint density at radius 3 is 2.87 bits per heavy atom. The Morgan fingerprint density at radius 1 is 1.47 bits per heavy atom. The summed E-state index contributed by atoms with van der Waals surface area (Å²) in [6.07, 6.45) is 2.10. The monoisotopic (exact) mass is 225 g/mol. The van der Waals surface area contributed by atoms with Gasteiger partial charge in [-0.25, -0.2) is 0 Å². The van der Waals surface area contributed by atoms with E-state index in [2.05, 4.69) is 25.2 Å². The van der Waals surface area contributed by atoms with Gasteiger partial charge in [0.2, 0.25) is 0 Å². The Kier molecular flexibility index (Phi) is 4.66. The van der Waals surface area contributed by atoms with Crippen LogP contribution in [-0.4, -0.2) is 11.7 Å². The molecule has 0 radical (unpaired) electrons. The number of benzene rings is 1. The van der Waals surface area contributed by atoms with Crippen LogP contribution in [0.25, 0.3) is 0 Å². The van der Waals surface area contributed by atoms with Crippen LogP contribution < -0.4 is 5.32 Å². The third kappa shape index (κ3) is 3.94. The molecule has 2 nitrogen and oxygen atoms in total. The Balaban J connectivity index is 2.51. The molecule has 2 N–H and O–H groups in total. The van der Waals surface area contributed by atoms with Gasteiger partial charge in [-0.1, -0.05) is 35.4 Å². The summed E-state index contributed by atoms with van der Waals surface area (Å²) in [4.78, 5) is 0. The number of hydrogen-bond donors (Lipinski definition) is 2. The van der Waals surface area contributed by atoms with E-state index in [1.54, 1.807) is 6.07 Å². The molecule has 0 spiro atoms. The third-order valence-corrected chi connectivity index (χ3v) is 2.35. The van der Waals surface area contributed by atoms with Crippen LogP contribution in [0.3, 0.4) is 0 Å². The molecule has 0 bridgehead atoms. The molecular weight excluding hydrogens is 210 g/mol. The first-order valence-electron chi connectivity index (χ1n) is 4.91. The van der Waals surface area contributed by atoms with E-state index in [-0.39, 0.29) is 5.75 Å². The molecule has 0 unspecified atom stereocenters. The third-order valence-electron chi connectivity index (χ3n) is 2.04. The molecule has 0 heterocycles. The number of allylic oxidation sites excluding steroid dienone is 1. The van der Waals surface area contributed by atoms with E-state index in [9.17, 15) is 5.11 Å². The number of para-hydroxylation sites is 1. The van der Waals surface area contributed by atoms with Crippen LogP contribution in [-0.2, 0) is 6.54 Å². The van der Waals surface area contributed by atoms with Crippen molar-refractivity contribution in [2.75, 3.05) is 6.54 Å². The number of aromatic hydroxyl groups is 1. The molecular formula is C12H16ClNO. The lowest BCUT2D eigenvalue weighted by Gasteiger charge is -2.06. The van der Waals surface area contributed by atoms with Crippen molar-refractivity contribution in [3.8, 4) is 5.75 Å². The largest absolute Gasteiger partial charge is 0.506 e. The minimum absolute atomic E-state index is 0.170. The van der Waals surface area contributed by atoms with Crippen molar-refractivity contribution >= 4 is 11.6 Å². The van der Waals surface area contributed by atoms with Gasteiger partial charge in [0.1, 0.15) is 5.75 Å². The second kappa shape index (κ2) is 5.79. The second-order valence-corrected chi connectivity index (χ2v) is 4.07. The number of phenols is 1. The van der Waals surface area contributed by atoms with Crippen molar-refractivity contribution in [1.82, 2.24) is 5.32 Å². The SMILES string of the molecule is CC(C)=CCNCc1cccc(Cl)c1O. The van der Waals surface area contributed by atoms with E-state index in [0.29, 0.717) is 11.6 Å². The van der Waals surface area contributed by atoms with Crippen molar-refractivity contribution < 1.29 is 5.11 Å². The molecule has 1 aromatic carbocycles. The van der Waals surface area contributed by atoms with Crippen LogP contribution in [0, 0.1) is 0 Å². The molecule has 0 amide bonds. The first-order chi connectivity index (χ1) is 7.11. The minimum atomic E-state index is 0.170. The molecule has 1 aromatic rings. The van der Waals surface area contributed by atoms with Crippen molar-refractivity contribution in [2.24, 2.45) is 0 Å². The Labute approximate surface area is 95.6 Å². The average Bonchev–Trinajstić information content (AvgIpc) is 2.18. The number of rotatable bonds is 4. The molecule has 1 rings (SSSR count). The molecule has 0 aliphatic rings. The fourth-order valence-corrected chi connectivity index (χ4v) is 1.38. The summed E-state index contributed by atoms with van der Waals surface area (Å²) in [6.45, 7) is 5.53. The van der Waals surface area contributed by atoms with Crippen molar-refractivity contribution in [3.05, 3.63) is 40.4 Å². The van der Waals surface area contributed by atoms with Gasteiger partial charge in [-0.15, -0.1) is 0 Å². The van der Waals surface area contributed by atoms with Crippen LogP contribution in [0.1, 0.15) is 19.4 Å².